The monoisotopic (exact) mass is 203 g/mol. The van der Waals surface area contributed by atoms with Crippen LogP contribution in [0, 0.1) is 5.41 Å². The second-order valence-corrected chi connectivity index (χ2v) is 4.04. The van der Waals surface area contributed by atoms with Crippen molar-refractivity contribution in [2.45, 2.75) is 20.8 Å². The van der Waals surface area contributed by atoms with E-state index in [9.17, 15) is 4.79 Å². The Bertz CT molecular complexity index is 352. The minimum Gasteiger partial charge on any atom is -0.325 e. The van der Waals surface area contributed by atoms with Crippen LogP contribution in [0.5, 0.6) is 0 Å². The second-order valence-electron chi connectivity index (χ2n) is 4.04. The third-order valence-corrected chi connectivity index (χ3v) is 2.20. The molecule has 0 bridgehead atoms. The minimum absolute atomic E-state index is 0.00630. The molecule has 0 heterocycles. The molecule has 0 aliphatic rings. The highest BCUT2D eigenvalue weighted by Crippen LogP contribution is 2.19. The Morgan fingerprint density at radius 1 is 1.27 bits per heavy atom. The maximum Gasteiger partial charge on any atom is 0.233 e. The number of hydrogen-bond donors (Lipinski definition) is 1. The first-order chi connectivity index (χ1) is 7.06. The Balaban J connectivity index is 2.72. The Morgan fingerprint density at radius 2 is 1.87 bits per heavy atom. The van der Waals surface area contributed by atoms with Gasteiger partial charge in [0.25, 0.3) is 0 Å². The molecule has 0 atom stereocenters. The number of rotatable bonds is 3. The predicted octanol–water partition coefficient (Wildman–Crippen LogP) is 3.23. The van der Waals surface area contributed by atoms with Gasteiger partial charge in [0.05, 0.1) is 5.41 Å². The maximum atomic E-state index is 11.9. The first-order valence-corrected chi connectivity index (χ1v) is 5.06. The molecule has 0 unspecified atom stereocenters. The fourth-order valence-corrected chi connectivity index (χ4v) is 1.31. The number of nitrogens with one attached hydrogen (secondary N) is 1. The van der Waals surface area contributed by atoms with E-state index in [1.165, 1.54) is 0 Å². The predicted molar refractivity (Wildman–Crippen MR) is 63.7 cm³/mol. The van der Waals surface area contributed by atoms with Crippen molar-refractivity contribution in [2.75, 3.05) is 5.32 Å². The molecule has 0 saturated carbocycles. The van der Waals surface area contributed by atoms with Gasteiger partial charge in [-0.05, 0) is 32.9 Å². The van der Waals surface area contributed by atoms with Crippen LogP contribution in [0.15, 0.2) is 42.5 Å². The van der Waals surface area contributed by atoms with Gasteiger partial charge in [-0.1, -0.05) is 30.4 Å². The summed E-state index contributed by atoms with van der Waals surface area (Å²) in [4.78, 5) is 11.9. The van der Waals surface area contributed by atoms with Gasteiger partial charge in [-0.25, -0.2) is 0 Å². The van der Waals surface area contributed by atoms with Crippen molar-refractivity contribution in [3.05, 3.63) is 42.5 Å². The normalized spacial score (nSPS) is 11.7. The van der Waals surface area contributed by atoms with Crippen LogP contribution >= 0.6 is 0 Å². The number of benzene rings is 1. The second kappa shape index (κ2) is 4.78. The molecular formula is C13H17NO. The van der Waals surface area contributed by atoms with Crippen LogP contribution in [0.2, 0.25) is 0 Å². The van der Waals surface area contributed by atoms with Crippen LogP contribution in [-0.2, 0) is 4.79 Å². The number of carbonyl (C=O) groups excluding carboxylic acids is 1. The van der Waals surface area contributed by atoms with Crippen LogP contribution in [-0.4, -0.2) is 5.91 Å². The molecule has 2 heteroatoms. The lowest BCUT2D eigenvalue weighted by Gasteiger charge is -2.19. The van der Waals surface area contributed by atoms with E-state index in [-0.39, 0.29) is 5.91 Å². The number of hydrogen-bond acceptors (Lipinski definition) is 1. The summed E-state index contributed by atoms with van der Waals surface area (Å²) in [6.45, 7) is 5.70. The van der Waals surface area contributed by atoms with E-state index in [1.807, 2.05) is 63.3 Å². The van der Waals surface area contributed by atoms with Gasteiger partial charge in [0.2, 0.25) is 5.91 Å². The van der Waals surface area contributed by atoms with Crippen molar-refractivity contribution >= 4 is 11.6 Å². The summed E-state index contributed by atoms with van der Waals surface area (Å²) in [5.74, 6) is 0.00630. The van der Waals surface area contributed by atoms with Crippen molar-refractivity contribution in [3.8, 4) is 0 Å². The molecule has 0 aromatic heterocycles. The van der Waals surface area contributed by atoms with E-state index in [4.69, 9.17) is 0 Å². The summed E-state index contributed by atoms with van der Waals surface area (Å²) in [5, 5.41) is 2.88. The van der Waals surface area contributed by atoms with E-state index in [1.54, 1.807) is 0 Å². The summed E-state index contributed by atoms with van der Waals surface area (Å²) in [5.41, 5.74) is 0.366. The summed E-state index contributed by atoms with van der Waals surface area (Å²) in [6, 6.07) is 9.48. The van der Waals surface area contributed by atoms with Gasteiger partial charge in [0.1, 0.15) is 0 Å². The molecule has 0 aliphatic carbocycles. The van der Waals surface area contributed by atoms with Gasteiger partial charge >= 0.3 is 0 Å². The summed E-state index contributed by atoms with van der Waals surface area (Å²) >= 11 is 0. The Morgan fingerprint density at radius 3 is 2.40 bits per heavy atom. The molecule has 0 saturated heterocycles. The van der Waals surface area contributed by atoms with Crippen LogP contribution in [0.1, 0.15) is 20.8 Å². The quantitative estimate of drug-likeness (QED) is 0.751. The number of anilines is 1. The molecule has 0 aliphatic heterocycles. The topological polar surface area (TPSA) is 29.1 Å². The first-order valence-electron chi connectivity index (χ1n) is 5.06. The average Bonchev–Trinajstić information content (AvgIpc) is 2.19. The van der Waals surface area contributed by atoms with Gasteiger partial charge in [0.15, 0.2) is 0 Å². The molecule has 80 valence electrons. The van der Waals surface area contributed by atoms with Gasteiger partial charge in [-0.3, -0.25) is 4.79 Å². The van der Waals surface area contributed by atoms with Crippen LogP contribution in [0.3, 0.4) is 0 Å². The standard InChI is InChI=1S/C13H17NO/c1-4-10-13(2,3)12(15)14-11-8-6-5-7-9-11/h4-10H,1-3H3,(H,14,15). The van der Waals surface area contributed by atoms with Crippen molar-refractivity contribution < 1.29 is 4.79 Å². The molecule has 1 amide bonds. The van der Waals surface area contributed by atoms with Crippen LogP contribution < -0.4 is 5.32 Å². The van der Waals surface area contributed by atoms with Gasteiger partial charge < -0.3 is 5.32 Å². The largest absolute Gasteiger partial charge is 0.325 e. The zero-order valence-corrected chi connectivity index (χ0v) is 9.45. The van der Waals surface area contributed by atoms with E-state index in [0.29, 0.717) is 0 Å². The number of allylic oxidation sites excluding steroid dienone is 1. The van der Waals surface area contributed by atoms with E-state index < -0.39 is 5.41 Å². The summed E-state index contributed by atoms with van der Waals surface area (Å²) < 4.78 is 0. The smallest absolute Gasteiger partial charge is 0.233 e. The maximum absolute atomic E-state index is 11.9. The number of carbonyl (C=O) groups is 1. The highest BCUT2D eigenvalue weighted by Gasteiger charge is 2.23. The van der Waals surface area contributed by atoms with Gasteiger partial charge in [-0.15, -0.1) is 0 Å². The molecule has 1 aromatic carbocycles. The van der Waals surface area contributed by atoms with E-state index >= 15 is 0 Å². The third kappa shape index (κ3) is 3.24. The molecule has 0 spiro atoms. The molecule has 1 rings (SSSR count). The SMILES string of the molecule is CC=CC(C)(C)C(=O)Nc1ccccc1. The molecule has 15 heavy (non-hydrogen) atoms. The Labute approximate surface area is 91.0 Å². The fourth-order valence-electron chi connectivity index (χ4n) is 1.31. The Hall–Kier alpha value is -1.57. The lowest BCUT2D eigenvalue weighted by molar-refractivity contribution is -0.121. The molecular weight excluding hydrogens is 186 g/mol. The highest BCUT2D eigenvalue weighted by molar-refractivity contribution is 5.96. The lowest BCUT2D eigenvalue weighted by Crippen LogP contribution is -2.28. The molecule has 0 fully saturated rings. The molecule has 1 N–H and O–H groups in total. The van der Waals surface area contributed by atoms with Crippen molar-refractivity contribution in [3.63, 3.8) is 0 Å². The van der Waals surface area contributed by atoms with E-state index in [0.717, 1.165) is 5.69 Å². The first kappa shape index (κ1) is 11.5. The fraction of sp³-hybridized carbons (Fsp3) is 0.308. The van der Waals surface area contributed by atoms with Crippen molar-refractivity contribution in [2.24, 2.45) is 5.41 Å². The Kier molecular flexibility index (Phi) is 3.67. The minimum atomic E-state index is -0.468. The zero-order valence-electron chi connectivity index (χ0n) is 9.45. The van der Waals surface area contributed by atoms with Gasteiger partial charge in [0, 0.05) is 5.69 Å². The van der Waals surface area contributed by atoms with Gasteiger partial charge in [-0.2, -0.15) is 0 Å². The third-order valence-electron chi connectivity index (χ3n) is 2.20. The average molecular weight is 203 g/mol. The van der Waals surface area contributed by atoms with Crippen LogP contribution in [0.25, 0.3) is 0 Å². The molecule has 1 aromatic rings. The van der Waals surface area contributed by atoms with Crippen LogP contribution in [0.4, 0.5) is 5.69 Å². The number of amides is 1. The zero-order chi connectivity index (χ0) is 11.3. The molecule has 2 nitrogen and oxygen atoms in total. The summed E-state index contributed by atoms with van der Waals surface area (Å²) in [7, 11) is 0. The highest BCUT2D eigenvalue weighted by atomic mass is 16.2. The van der Waals surface area contributed by atoms with Crippen molar-refractivity contribution in [1.82, 2.24) is 0 Å². The summed E-state index contributed by atoms with van der Waals surface area (Å²) in [6.07, 6.45) is 3.79. The molecule has 0 radical (unpaired) electrons. The number of para-hydroxylation sites is 1. The lowest BCUT2D eigenvalue weighted by atomic mass is 9.92. The van der Waals surface area contributed by atoms with Crippen molar-refractivity contribution in [1.29, 1.82) is 0 Å². The van der Waals surface area contributed by atoms with E-state index in [2.05, 4.69) is 5.32 Å².